The predicted octanol–water partition coefficient (Wildman–Crippen LogP) is 3.90. The summed E-state index contributed by atoms with van der Waals surface area (Å²) in [6, 6.07) is 22.4. The molecule has 2 atom stereocenters. The maximum Gasteiger partial charge on any atom is 0.249 e. The Kier molecular flexibility index (Phi) is 9.19. The van der Waals surface area contributed by atoms with Gasteiger partial charge >= 0.3 is 0 Å². The molecule has 9 nitrogen and oxygen atoms in total. The molecule has 1 aromatic heterocycles. The van der Waals surface area contributed by atoms with Crippen LogP contribution in [0.25, 0.3) is 10.8 Å². The third kappa shape index (κ3) is 7.58. The molecule has 214 valence electrons. The van der Waals surface area contributed by atoms with E-state index in [1.165, 1.54) is 11.2 Å². The Morgan fingerprint density at radius 1 is 0.976 bits per heavy atom. The molecular weight excluding hydrogens is 516 g/mol. The zero-order chi connectivity index (χ0) is 29.6. The quantitative estimate of drug-likeness (QED) is 0.260. The lowest BCUT2D eigenvalue weighted by atomic mass is 10.0. The average Bonchev–Trinajstić information content (AvgIpc) is 3.40. The number of carbonyl (C=O) groups is 3. The number of aromatic nitrogens is 2. The summed E-state index contributed by atoms with van der Waals surface area (Å²) in [5, 5.41) is 7.71. The van der Waals surface area contributed by atoms with E-state index in [0.29, 0.717) is 12.8 Å². The summed E-state index contributed by atoms with van der Waals surface area (Å²) in [5.41, 5.74) is 6.80. The van der Waals surface area contributed by atoms with E-state index in [1.807, 2.05) is 72.8 Å². The van der Waals surface area contributed by atoms with Gasteiger partial charge in [-0.15, -0.1) is 0 Å². The van der Waals surface area contributed by atoms with E-state index in [9.17, 15) is 14.4 Å². The number of aryl methyl sites for hydroxylation is 1. The SMILES string of the molecule is CN(C)C(=O)C(c1ccc2ccccc2c1)n1cnc(NC(=O)[C@@H](CCCc2ccccc2)NC(=O)C(C)(C)N)c1. The van der Waals surface area contributed by atoms with Gasteiger partial charge in [0.15, 0.2) is 5.82 Å². The van der Waals surface area contributed by atoms with Gasteiger partial charge in [0.05, 0.1) is 11.9 Å². The fourth-order valence-corrected chi connectivity index (χ4v) is 4.59. The number of imidazole rings is 1. The molecule has 0 saturated heterocycles. The highest BCUT2D eigenvalue weighted by molar-refractivity contribution is 5.98. The minimum absolute atomic E-state index is 0.133. The molecule has 0 saturated carbocycles. The fraction of sp³-hybridized carbons (Fsp3) is 0.312. The van der Waals surface area contributed by atoms with Crippen molar-refractivity contribution in [3.05, 3.63) is 96.4 Å². The second kappa shape index (κ2) is 12.8. The molecule has 4 rings (SSSR count). The summed E-state index contributed by atoms with van der Waals surface area (Å²) in [4.78, 5) is 45.2. The molecule has 41 heavy (non-hydrogen) atoms. The molecule has 4 aromatic rings. The summed E-state index contributed by atoms with van der Waals surface area (Å²) in [6.07, 6.45) is 5.03. The number of nitrogens with zero attached hydrogens (tertiary/aromatic N) is 3. The number of rotatable bonds is 11. The molecule has 0 aliphatic heterocycles. The monoisotopic (exact) mass is 554 g/mol. The molecule has 0 aliphatic rings. The van der Waals surface area contributed by atoms with Crippen LogP contribution in [0.3, 0.4) is 0 Å². The van der Waals surface area contributed by atoms with E-state index in [0.717, 1.165) is 28.3 Å². The zero-order valence-corrected chi connectivity index (χ0v) is 24.0. The standard InChI is InChI=1S/C32H38N6O3/c1-32(2,33)31(41)35-26(16-10-13-22-11-6-5-7-12-22)29(39)36-27-20-38(21-34-27)28(30(40)37(3)4)25-18-17-23-14-8-9-15-24(23)19-25/h5-9,11-12,14-15,17-21,26,28H,10,13,16,33H2,1-4H3,(H,35,41)(H,36,39)/t26-,28?/m1/s1. The number of fused-ring (bicyclic) bond motifs is 1. The Balaban J connectivity index is 1.53. The van der Waals surface area contributed by atoms with Gasteiger partial charge in [-0.25, -0.2) is 4.98 Å². The topological polar surface area (TPSA) is 122 Å². The van der Waals surface area contributed by atoms with Crippen molar-refractivity contribution < 1.29 is 14.4 Å². The van der Waals surface area contributed by atoms with Gasteiger partial charge in [-0.05, 0) is 61.1 Å². The number of anilines is 1. The molecule has 1 unspecified atom stereocenters. The smallest absolute Gasteiger partial charge is 0.249 e. The summed E-state index contributed by atoms with van der Waals surface area (Å²) in [5.74, 6) is -0.675. The van der Waals surface area contributed by atoms with Crippen molar-refractivity contribution in [2.75, 3.05) is 19.4 Å². The first-order valence-corrected chi connectivity index (χ1v) is 13.7. The lowest BCUT2D eigenvalue weighted by molar-refractivity contribution is -0.131. The number of benzene rings is 3. The molecule has 0 fully saturated rings. The lowest BCUT2D eigenvalue weighted by Crippen LogP contribution is -2.54. The molecule has 3 amide bonds. The highest BCUT2D eigenvalue weighted by Crippen LogP contribution is 2.26. The van der Waals surface area contributed by atoms with Crippen LogP contribution in [0.15, 0.2) is 85.3 Å². The molecule has 0 bridgehead atoms. The first-order valence-electron chi connectivity index (χ1n) is 13.7. The maximum absolute atomic E-state index is 13.4. The average molecular weight is 555 g/mol. The van der Waals surface area contributed by atoms with Crippen molar-refractivity contribution in [1.82, 2.24) is 19.8 Å². The Morgan fingerprint density at radius 2 is 1.66 bits per heavy atom. The lowest BCUT2D eigenvalue weighted by Gasteiger charge is -2.24. The van der Waals surface area contributed by atoms with Crippen LogP contribution in [0.5, 0.6) is 0 Å². The van der Waals surface area contributed by atoms with Crippen molar-refractivity contribution >= 4 is 34.3 Å². The van der Waals surface area contributed by atoms with Gasteiger partial charge in [0.25, 0.3) is 0 Å². The molecular formula is C32H38N6O3. The second-order valence-corrected chi connectivity index (χ2v) is 11.1. The van der Waals surface area contributed by atoms with Gasteiger partial charge in [0.2, 0.25) is 17.7 Å². The Labute approximate surface area is 240 Å². The molecule has 0 spiro atoms. The van der Waals surface area contributed by atoms with Crippen molar-refractivity contribution in [2.45, 2.75) is 50.7 Å². The number of carbonyl (C=O) groups excluding carboxylic acids is 3. The number of hydrogen-bond acceptors (Lipinski definition) is 5. The van der Waals surface area contributed by atoms with Gasteiger partial charge in [-0.3, -0.25) is 14.4 Å². The van der Waals surface area contributed by atoms with Crippen LogP contribution < -0.4 is 16.4 Å². The van der Waals surface area contributed by atoms with Crippen LogP contribution in [0.4, 0.5) is 5.82 Å². The van der Waals surface area contributed by atoms with E-state index in [-0.39, 0.29) is 11.7 Å². The van der Waals surface area contributed by atoms with Crippen molar-refractivity contribution in [3.8, 4) is 0 Å². The Hall–Kier alpha value is -4.50. The molecule has 3 aromatic carbocycles. The summed E-state index contributed by atoms with van der Waals surface area (Å²) in [7, 11) is 3.41. The van der Waals surface area contributed by atoms with E-state index >= 15 is 0 Å². The number of likely N-dealkylation sites (N-methyl/N-ethyl adjacent to an activating group) is 1. The summed E-state index contributed by atoms with van der Waals surface area (Å²) < 4.78 is 1.69. The van der Waals surface area contributed by atoms with Crippen LogP contribution in [0.2, 0.25) is 0 Å². The minimum Gasteiger partial charge on any atom is -0.347 e. The van der Waals surface area contributed by atoms with Crippen LogP contribution >= 0.6 is 0 Å². The van der Waals surface area contributed by atoms with Crippen LogP contribution in [-0.4, -0.2) is 57.8 Å². The van der Waals surface area contributed by atoms with E-state index < -0.39 is 29.4 Å². The van der Waals surface area contributed by atoms with Gasteiger partial charge < -0.3 is 25.8 Å². The maximum atomic E-state index is 13.4. The van der Waals surface area contributed by atoms with Crippen molar-refractivity contribution in [2.24, 2.45) is 5.73 Å². The van der Waals surface area contributed by atoms with Gasteiger partial charge in [0, 0.05) is 20.3 Å². The predicted molar refractivity (Wildman–Crippen MR) is 161 cm³/mol. The Bertz CT molecular complexity index is 1510. The third-order valence-corrected chi connectivity index (χ3v) is 6.92. The first-order chi connectivity index (χ1) is 19.5. The third-order valence-electron chi connectivity index (χ3n) is 6.92. The summed E-state index contributed by atoms with van der Waals surface area (Å²) in [6.45, 7) is 3.19. The fourth-order valence-electron chi connectivity index (χ4n) is 4.59. The molecule has 1 heterocycles. The number of nitrogens with two attached hydrogens (primary N) is 1. The van der Waals surface area contributed by atoms with E-state index in [2.05, 4.69) is 15.6 Å². The molecule has 4 N–H and O–H groups in total. The number of hydrogen-bond donors (Lipinski definition) is 3. The van der Waals surface area contributed by atoms with Crippen LogP contribution in [0.1, 0.15) is 43.9 Å². The summed E-state index contributed by atoms with van der Waals surface area (Å²) >= 11 is 0. The normalized spacial score (nSPS) is 12.9. The number of amides is 3. The molecule has 0 radical (unpaired) electrons. The van der Waals surface area contributed by atoms with Crippen molar-refractivity contribution in [3.63, 3.8) is 0 Å². The van der Waals surface area contributed by atoms with Crippen molar-refractivity contribution in [1.29, 1.82) is 0 Å². The first kappa shape index (κ1) is 29.5. The Morgan fingerprint density at radius 3 is 2.34 bits per heavy atom. The van der Waals surface area contributed by atoms with Crippen LogP contribution in [-0.2, 0) is 20.8 Å². The minimum atomic E-state index is -1.14. The molecule has 0 aliphatic carbocycles. The van der Waals surface area contributed by atoms with Gasteiger partial charge in [-0.1, -0.05) is 66.7 Å². The largest absolute Gasteiger partial charge is 0.347 e. The second-order valence-electron chi connectivity index (χ2n) is 11.1. The van der Waals surface area contributed by atoms with E-state index in [4.69, 9.17) is 5.73 Å². The van der Waals surface area contributed by atoms with Gasteiger partial charge in [0.1, 0.15) is 12.1 Å². The van der Waals surface area contributed by atoms with Gasteiger partial charge in [-0.2, -0.15) is 0 Å². The van der Waals surface area contributed by atoms with Crippen LogP contribution in [0, 0.1) is 0 Å². The van der Waals surface area contributed by atoms with E-state index in [1.54, 1.807) is 38.7 Å². The zero-order valence-electron chi connectivity index (χ0n) is 24.0. The number of nitrogens with one attached hydrogen (secondary N) is 2. The highest BCUT2D eigenvalue weighted by Gasteiger charge is 2.29. The molecule has 9 heteroatoms. The highest BCUT2D eigenvalue weighted by atomic mass is 16.2.